The molecule has 0 spiro atoms. The zero-order valence-corrected chi connectivity index (χ0v) is 18.3. The van der Waals surface area contributed by atoms with Crippen LogP contribution in [0.25, 0.3) is 0 Å². The third-order valence-electron chi connectivity index (χ3n) is 5.47. The number of piperazine rings is 1. The maximum Gasteiger partial charge on any atom is 0.251 e. The molecule has 0 radical (unpaired) electrons. The first-order valence-corrected chi connectivity index (χ1v) is 10.6. The second-order valence-electron chi connectivity index (χ2n) is 7.83. The van der Waals surface area contributed by atoms with Crippen LogP contribution in [0, 0.1) is 0 Å². The predicted molar refractivity (Wildman–Crippen MR) is 120 cm³/mol. The number of hydrogen-bond acceptors (Lipinski definition) is 5. The smallest absolute Gasteiger partial charge is 0.251 e. The lowest BCUT2D eigenvalue weighted by Crippen LogP contribution is -2.48. The number of nitrogens with zero attached hydrogens (tertiary/aromatic N) is 2. The molecule has 0 saturated carbocycles. The molecular formula is C24H33N3O3. The fourth-order valence-electron chi connectivity index (χ4n) is 3.55. The van der Waals surface area contributed by atoms with E-state index in [1.165, 1.54) is 5.69 Å². The molecule has 2 aromatic rings. The SMILES string of the molecule is COCCOc1ccc(CNC(=O)c2ccc(N3CCN(C(C)C)CC3)cc2)cc1. The van der Waals surface area contributed by atoms with Crippen molar-refractivity contribution in [2.75, 3.05) is 51.4 Å². The summed E-state index contributed by atoms with van der Waals surface area (Å²) in [6.07, 6.45) is 0. The molecule has 0 atom stereocenters. The first-order valence-electron chi connectivity index (χ1n) is 10.6. The second kappa shape index (κ2) is 11.0. The first-order chi connectivity index (χ1) is 14.6. The van der Waals surface area contributed by atoms with Crippen molar-refractivity contribution in [1.29, 1.82) is 0 Å². The minimum Gasteiger partial charge on any atom is -0.491 e. The third kappa shape index (κ3) is 6.21. The molecule has 162 valence electrons. The number of carbonyl (C=O) groups excluding carboxylic acids is 1. The average molecular weight is 412 g/mol. The maximum atomic E-state index is 12.5. The molecule has 0 bridgehead atoms. The van der Waals surface area contributed by atoms with Crippen molar-refractivity contribution in [1.82, 2.24) is 10.2 Å². The van der Waals surface area contributed by atoms with Crippen molar-refractivity contribution in [3.8, 4) is 5.75 Å². The molecule has 1 saturated heterocycles. The fraction of sp³-hybridized carbons (Fsp3) is 0.458. The van der Waals surface area contributed by atoms with E-state index in [9.17, 15) is 4.79 Å². The largest absolute Gasteiger partial charge is 0.491 e. The molecule has 1 aliphatic rings. The Morgan fingerprint density at radius 1 is 0.967 bits per heavy atom. The van der Waals surface area contributed by atoms with Crippen LogP contribution in [0.2, 0.25) is 0 Å². The molecule has 1 N–H and O–H groups in total. The normalized spacial score (nSPS) is 14.7. The first kappa shape index (κ1) is 22.1. The van der Waals surface area contributed by atoms with E-state index in [4.69, 9.17) is 9.47 Å². The Morgan fingerprint density at radius 2 is 1.63 bits per heavy atom. The van der Waals surface area contributed by atoms with Gasteiger partial charge in [0.1, 0.15) is 12.4 Å². The molecular weight excluding hydrogens is 378 g/mol. The predicted octanol–water partition coefficient (Wildman–Crippen LogP) is 3.17. The Hall–Kier alpha value is -2.57. The minimum absolute atomic E-state index is 0.0633. The lowest BCUT2D eigenvalue weighted by Gasteiger charge is -2.38. The molecule has 1 aliphatic heterocycles. The van der Waals surface area contributed by atoms with Gasteiger partial charge in [-0.3, -0.25) is 9.69 Å². The van der Waals surface area contributed by atoms with E-state index >= 15 is 0 Å². The Bertz CT molecular complexity index is 782. The van der Waals surface area contributed by atoms with Crippen molar-refractivity contribution < 1.29 is 14.3 Å². The van der Waals surface area contributed by atoms with Gasteiger partial charge in [-0.25, -0.2) is 0 Å². The number of anilines is 1. The Labute approximate surface area is 179 Å². The molecule has 0 unspecified atom stereocenters. The maximum absolute atomic E-state index is 12.5. The van der Waals surface area contributed by atoms with Crippen LogP contribution in [0.3, 0.4) is 0 Å². The van der Waals surface area contributed by atoms with Gasteiger partial charge in [0.05, 0.1) is 6.61 Å². The van der Waals surface area contributed by atoms with Gasteiger partial charge in [0.25, 0.3) is 5.91 Å². The second-order valence-corrected chi connectivity index (χ2v) is 7.83. The van der Waals surface area contributed by atoms with Crippen molar-refractivity contribution in [2.24, 2.45) is 0 Å². The number of benzene rings is 2. The number of amides is 1. The summed E-state index contributed by atoms with van der Waals surface area (Å²) in [5, 5.41) is 2.98. The number of methoxy groups -OCH3 is 1. The van der Waals surface area contributed by atoms with Crippen LogP contribution < -0.4 is 15.0 Å². The van der Waals surface area contributed by atoms with E-state index in [0.29, 0.717) is 31.4 Å². The number of carbonyl (C=O) groups is 1. The van der Waals surface area contributed by atoms with Gasteiger partial charge in [0.2, 0.25) is 0 Å². The van der Waals surface area contributed by atoms with Crippen molar-refractivity contribution in [3.05, 3.63) is 59.7 Å². The monoisotopic (exact) mass is 411 g/mol. The molecule has 6 nitrogen and oxygen atoms in total. The number of ether oxygens (including phenoxy) is 2. The molecule has 0 aliphatic carbocycles. The lowest BCUT2D eigenvalue weighted by molar-refractivity contribution is 0.0951. The van der Waals surface area contributed by atoms with E-state index in [1.807, 2.05) is 48.5 Å². The number of rotatable bonds is 9. The Morgan fingerprint density at radius 3 is 2.23 bits per heavy atom. The van der Waals surface area contributed by atoms with Crippen molar-refractivity contribution >= 4 is 11.6 Å². The van der Waals surface area contributed by atoms with Gasteiger partial charge in [0.15, 0.2) is 0 Å². The van der Waals surface area contributed by atoms with E-state index < -0.39 is 0 Å². The van der Waals surface area contributed by atoms with Gasteiger partial charge >= 0.3 is 0 Å². The summed E-state index contributed by atoms with van der Waals surface area (Å²) in [5.74, 6) is 0.735. The van der Waals surface area contributed by atoms with E-state index in [0.717, 1.165) is 37.5 Å². The van der Waals surface area contributed by atoms with Crippen LogP contribution in [0.5, 0.6) is 5.75 Å². The van der Waals surface area contributed by atoms with Crippen LogP contribution >= 0.6 is 0 Å². The fourth-order valence-corrected chi connectivity index (χ4v) is 3.55. The molecule has 30 heavy (non-hydrogen) atoms. The highest BCUT2D eigenvalue weighted by atomic mass is 16.5. The summed E-state index contributed by atoms with van der Waals surface area (Å²) in [5.41, 5.74) is 2.89. The molecule has 3 rings (SSSR count). The van der Waals surface area contributed by atoms with Gasteiger partial charge in [-0.05, 0) is 55.8 Å². The summed E-state index contributed by atoms with van der Waals surface area (Å²) in [6, 6.07) is 16.2. The van der Waals surface area contributed by atoms with Crippen LogP contribution in [0.1, 0.15) is 29.8 Å². The molecule has 1 heterocycles. The van der Waals surface area contributed by atoms with Gasteiger partial charge in [-0.2, -0.15) is 0 Å². The minimum atomic E-state index is -0.0633. The molecule has 0 aromatic heterocycles. The van der Waals surface area contributed by atoms with Crippen LogP contribution in [-0.2, 0) is 11.3 Å². The molecule has 2 aromatic carbocycles. The zero-order valence-electron chi connectivity index (χ0n) is 18.3. The van der Waals surface area contributed by atoms with Crippen LogP contribution in [0.15, 0.2) is 48.5 Å². The van der Waals surface area contributed by atoms with Gasteiger partial charge in [-0.1, -0.05) is 12.1 Å². The Kier molecular flexibility index (Phi) is 8.11. The van der Waals surface area contributed by atoms with E-state index in [2.05, 4.69) is 29.0 Å². The molecule has 1 amide bonds. The summed E-state index contributed by atoms with van der Waals surface area (Å²) < 4.78 is 10.5. The highest BCUT2D eigenvalue weighted by Crippen LogP contribution is 2.18. The van der Waals surface area contributed by atoms with Crippen LogP contribution in [-0.4, -0.2) is 63.4 Å². The van der Waals surface area contributed by atoms with E-state index in [1.54, 1.807) is 7.11 Å². The quantitative estimate of drug-likeness (QED) is 0.643. The van der Waals surface area contributed by atoms with Gasteiger partial charge in [-0.15, -0.1) is 0 Å². The third-order valence-corrected chi connectivity index (χ3v) is 5.47. The van der Waals surface area contributed by atoms with E-state index in [-0.39, 0.29) is 5.91 Å². The summed E-state index contributed by atoms with van der Waals surface area (Å²) in [4.78, 5) is 17.4. The van der Waals surface area contributed by atoms with Crippen molar-refractivity contribution in [3.63, 3.8) is 0 Å². The molecule has 1 fully saturated rings. The molecule has 6 heteroatoms. The summed E-state index contributed by atoms with van der Waals surface area (Å²) >= 11 is 0. The van der Waals surface area contributed by atoms with Crippen molar-refractivity contribution in [2.45, 2.75) is 26.4 Å². The number of hydrogen-bond donors (Lipinski definition) is 1. The Balaban J connectivity index is 1.47. The van der Waals surface area contributed by atoms with Crippen LogP contribution in [0.4, 0.5) is 5.69 Å². The van der Waals surface area contributed by atoms with Gasteiger partial charge in [0, 0.05) is 57.1 Å². The highest BCUT2D eigenvalue weighted by Gasteiger charge is 2.19. The average Bonchev–Trinajstić information content (AvgIpc) is 2.78. The number of nitrogens with one attached hydrogen (secondary N) is 1. The topological polar surface area (TPSA) is 54.0 Å². The zero-order chi connectivity index (χ0) is 21.3. The van der Waals surface area contributed by atoms with Gasteiger partial charge < -0.3 is 19.7 Å². The lowest BCUT2D eigenvalue weighted by atomic mass is 10.1. The highest BCUT2D eigenvalue weighted by molar-refractivity contribution is 5.94. The standard InChI is InChI=1S/C24H33N3O3/c1-19(2)26-12-14-27(15-13-26)22-8-6-21(7-9-22)24(28)25-18-20-4-10-23(11-5-20)30-17-16-29-3/h4-11,19H,12-18H2,1-3H3,(H,25,28). The summed E-state index contributed by atoms with van der Waals surface area (Å²) in [6.45, 7) is 10.3. The summed E-state index contributed by atoms with van der Waals surface area (Å²) in [7, 11) is 1.65.